The van der Waals surface area contributed by atoms with Gasteiger partial charge < -0.3 is 15.1 Å². The van der Waals surface area contributed by atoms with Crippen LogP contribution in [0.2, 0.25) is 0 Å². The average Bonchev–Trinajstić information content (AvgIpc) is 2.75. The predicted molar refractivity (Wildman–Crippen MR) is 117 cm³/mol. The number of benzene rings is 1. The van der Waals surface area contributed by atoms with Crippen molar-refractivity contribution in [3.05, 3.63) is 60.1 Å². The van der Waals surface area contributed by atoms with Gasteiger partial charge in [-0.3, -0.25) is 9.69 Å². The summed E-state index contributed by atoms with van der Waals surface area (Å²) in [6.45, 7) is 5.74. The fourth-order valence-electron chi connectivity index (χ4n) is 3.13. The van der Waals surface area contributed by atoms with E-state index in [0.29, 0.717) is 24.6 Å². The Bertz CT molecular complexity index is 783. The van der Waals surface area contributed by atoms with Gasteiger partial charge in [-0.15, -0.1) is 0 Å². The molecule has 154 valence electrons. The van der Waals surface area contributed by atoms with Gasteiger partial charge in [-0.05, 0) is 19.7 Å². The number of anilines is 1. The number of likely N-dealkylation sites (N-methyl/N-ethyl adjacent to an activating group) is 1. The zero-order valence-electron chi connectivity index (χ0n) is 17.3. The molecule has 2 aromatic rings. The van der Waals surface area contributed by atoms with Crippen LogP contribution in [0.4, 0.5) is 5.82 Å². The summed E-state index contributed by atoms with van der Waals surface area (Å²) in [5.41, 5.74) is 1.61. The lowest BCUT2D eigenvalue weighted by Crippen LogP contribution is -2.48. The molecular formula is C22H30N6O. The van der Waals surface area contributed by atoms with Crippen LogP contribution in [0.5, 0.6) is 0 Å². The normalized spacial score (nSPS) is 15.2. The molecule has 0 aliphatic carbocycles. The number of hydrogen-bond acceptors (Lipinski definition) is 6. The highest BCUT2D eigenvalue weighted by molar-refractivity contribution is 5.92. The minimum Gasteiger partial charge on any atom is -0.368 e. The van der Waals surface area contributed by atoms with Crippen LogP contribution in [-0.2, 0) is 0 Å². The van der Waals surface area contributed by atoms with Crippen molar-refractivity contribution in [2.24, 2.45) is 0 Å². The number of hydrogen-bond donors (Lipinski definition) is 1. The molecule has 1 fully saturated rings. The van der Waals surface area contributed by atoms with E-state index >= 15 is 0 Å². The first-order valence-electron chi connectivity index (χ1n) is 10.1. The van der Waals surface area contributed by atoms with Gasteiger partial charge in [0, 0.05) is 45.8 Å². The van der Waals surface area contributed by atoms with Gasteiger partial charge in [0.2, 0.25) is 0 Å². The van der Waals surface area contributed by atoms with Crippen LogP contribution < -0.4 is 5.32 Å². The van der Waals surface area contributed by atoms with E-state index in [2.05, 4.69) is 49.4 Å². The summed E-state index contributed by atoms with van der Waals surface area (Å²) < 4.78 is 0. The van der Waals surface area contributed by atoms with Crippen molar-refractivity contribution in [3.63, 3.8) is 0 Å². The smallest absolute Gasteiger partial charge is 0.274 e. The average molecular weight is 395 g/mol. The van der Waals surface area contributed by atoms with Crippen LogP contribution in [-0.4, -0.2) is 90.5 Å². The Labute approximate surface area is 173 Å². The molecule has 1 aromatic carbocycles. The van der Waals surface area contributed by atoms with Gasteiger partial charge in [-0.25, -0.2) is 9.97 Å². The van der Waals surface area contributed by atoms with Gasteiger partial charge in [0.25, 0.3) is 5.91 Å². The number of piperazine rings is 1. The summed E-state index contributed by atoms with van der Waals surface area (Å²) in [5, 5.41) is 3.21. The summed E-state index contributed by atoms with van der Waals surface area (Å²) in [4.78, 5) is 27.6. The second-order valence-corrected chi connectivity index (χ2v) is 7.42. The molecule has 2 heterocycles. The second-order valence-electron chi connectivity index (χ2n) is 7.42. The van der Waals surface area contributed by atoms with Crippen LogP contribution in [0.15, 0.2) is 48.8 Å². The van der Waals surface area contributed by atoms with Crippen molar-refractivity contribution in [1.82, 2.24) is 24.7 Å². The van der Waals surface area contributed by atoms with Crippen molar-refractivity contribution in [2.75, 3.05) is 65.2 Å². The molecule has 0 saturated carbocycles. The van der Waals surface area contributed by atoms with E-state index in [1.54, 1.807) is 12.4 Å². The molecule has 3 rings (SSSR count). The van der Waals surface area contributed by atoms with E-state index in [9.17, 15) is 4.79 Å². The highest BCUT2D eigenvalue weighted by Gasteiger charge is 2.22. The minimum absolute atomic E-state index is 0.0446. The zero-order valence-corrected chi connectivity index (χ0v) is 17.3. The van der Waals surface area contributed by atoms with Crippen LogP contribution in [0.3, 0.4) is 0 Å². The van der Waals surface area contributed by atoms with Crippen LogP contribution in [0.1, 0.15) is 16.1 Å². The van der Waals surface area contributed by atoms with Gasteiger partial charge in [-0.1, -0.05) is 42.5 Å². The van der Waals surface area contributed by atoms with E-state index in [1.807, 2.05) is 37.2 Å². The molecule has 1 saturated heterocycles. The number of nitrogens with zero attached hydrogens (tertiary/aromatic N) is 5. The number of carbonyl (C=O) groups excluding carboxylic acids is 1. The summed E-state index contributed by atoms with van der Waals surface area (Å²) in [6, 6.07) is 10.3. The summed E-state index contributed by atoms with van der Waals surface area (Å²) in [7, 11) is 4.04. The number of aromatic nitrogens is 2. The Morgan fingerprint density at radius 3 is 2.52 bits per heavy atom. The Hall–Kier alpha value is -2.77. The largest absolute Gasteiger partial charge is 0.368 e. The van der Waals surface area contributed by atoms with E-state index < -0.39 is 0 Å². The molecule has 1 N–H and O–H groups in total. The molecule has 1 amide bonds. The monoisotopic (exact) mass is 394 g/mol. The van der Waals surface area contributed by atoms with Gasteiger partial charge in [-0.2, -0.15) is 0 Å². The highest BCUT2D eigenvalue weighted by Crippen LogP contribution is 2.09. The Kier molecular flexibility index (Phi) is 7.72. The molecule has 29 heavy (non-hydrogen) atoms. The molecule has 1 aromatic heterocycles. The first-order valence-corrected chi connectivity index (χ1v) is 10.1. The third-order valence-electron chi connectivity index (χ3n) is 4.87. The summed E-state index contributed by atoms with van der Waals surface area (Å²) in [6.07, 6.45) is 7.52. The van der Waals surface area contributed by atoms with Crippen molar-refractivity contribution in [1.29, 1.82) is 0 Å². The van der Waals surface area contributed by atoms with Crippen molar-refractivity contribution in [3.8, 4) is 0 Å². The number of nitrogens with one attached hydrogen (secondary N) is 1. The summed E-state index contributed by atoms with van der Waals surface area (Å²) in [5.74, 6) is 0.648. The molecule has 1 aliphatic heterocycles. The fraction of sp³-hybridized carbons (Fsp3) is 0.409. The Balaban J connectivity index is 1.43. The van der Waals surface area contributed by atoms with E-state index in [4.69, 9.17) is 0 Å². The zero-order chi connectivity index (χ0) is 20.5. The predicted octanol–water partition coefficient (Wildman–Crippen LogP) is 1.92. The molecule has 0 bridgehead atoms. The highest BCUT2D eigenvalue weighted by atomic mass is 16.2. The standard InChI is InChI=1S/C22H30N6O/c1-26(2)12-10-23-21-18-24-20(17-25-21)22(29)28-15-13-27(14-16-28)11-6-9-19-7-4-3-5-8-19/h3-9,17-18H,10-16H2,1-2H3,(H,23,25)/b9-6+. The third kappa shape index (κ3) is 6.66. The molecular weight excluding hydrogens is 364 g/mol. The van der Waals surface area contributed by atoms with E-state index in [-0.39, 0.29) is 5.91 Å². The van der Waals surface area contributed by atoms with Crippen LogP contribution >= 0.6 is 0 Å². The van der Waals surface area contributed by atoms with E-state index in [0.717, 1.165) is 32.7 Å². The first-order chi connectivity index (χ1) is 14.1. The second kappa shape index (κ2) is 10.7. The lowest BCUT2D eigenvalue weighted by atomic mass is 10.2. The van der Waals surface area contributed by atoms with Gasteiger partial charge in [0.1, 0.15) is 11.5 Å². The molecule has 0 atom stereocenters. The SMILES string of the molecule is CN(C)CCNc1cnc(C(=O)N2CCN(C/C=C/c3ccccc3)CC2)cn1. The van der Waals surface area contributed by atoms with Crippen molar-refractivity contribution in [2.45, 2.75) is 0 Å². The summed E-state index contributed by atoms with van der Waals surface area (Å²) >= 11 is 0. The van der Waals surface area contributed by atoms with Crippen molar-refractivity contribution < 1.29 is 4.79 Å². The maximum Gasteiger partial charge on any atom is 0.274 e. The number of amides is 1. The lowest BCUT2D eigenvalue weighted by molar-refractivity contribution is 0.0644. The van der Waals surface area contributed by atoms with Gasteiger partial charge in [0.15, 0.2) is 0 Å². The van der Waals surface area contributed by atoms with Crippen LogP contribution in [0.25, 0.3) is 6.08 Å². The third-order valence-corrected chi connectivity index (χ3v) is 4.87. The first kappa shape index (κ1) is 21.0. The number of carbonyl (C=O) groups is 1. The minimum atomic E-state index is -0.0446. The number of rotatable bonds is 8. The Morgan fingerprint density at radius 2 is 1.86 bits per heavy atom. The topological polar surface area (TPSA) is 64.6 Å². The van der Waals surface area contributed by atoms with Crippen LogP contribution in [0, 0.1) is 0 Å². The molecule has 0 unspecified atom stereocenters. The van der Waals surface area contributed by atoms with E-state index in [1.165, 1.54) is 5.56 Å². The fourth-order valence-corrected chi connectivity index (χ4v) is 3.13. The molecule has 7 heteroatoms. The molecule has 7 nitrogen and oxygen atoms in total. The maximum absolute atomic E-state index is 12.7. The molecule has 1 aliphatic rings. The Morgan fingerprint density at radius 1 is 1.10 bits per heavy atom. The van der Waals surface area contributed by atoms with Crippen molar-refractivity contribution >= 4 is 17.8 Å². The van der Waals surface area contributed by atoms with Gasteiger partial charge >= 0.3 is 0 Å². The lowest BCUT2D eigenvalue weighted by Gasteiger charge is -2.33. The quantitative estimate of drug-likeness (QED) is 0.738. The molecule has 0 radical (unpaired) electrons. The molecule has 0 spiro atoms. The van der Waals surface area contributed by atoms with Gasteiger partial charge in [0.05, 0.1) is 12.4 Å². The maximum atomic E-state index is 12.7.